The number of carbonyl (C=O) groups is 2. The summed E-state index contributed by atoms with van der Waals surface area (Å²) in [5.41, 5.74) is 8.95. The van der Waals surface area contributed by atoms with E-state index in [1.807, 2.05) is 47.7 Å². The molecule has 5 aromatic rings. The predicted molar refractivity (Wildman–Crippen MR) is 232 cm³/mol. The number of ether oxygens (including phenoxy) is 1. The lowest BCUT2D eigenvalue weighted by Gasteiger charge is -2.42. The molecular weight excluding hydrogens is 777 g/mol. The summed E-state index contributed by atoms with van der Waals surface area (Å²) in [6.45, 7) is 7.34. The van der Waals surface area contributed by atoms with Crippen LogP contribution in [0.4, 0.5) is 0 Å². The summed E-state index contributed by atoms with van der Waals surface area (Å²) in [6, 6.07) is 14.1. The van der Waals surface area contributed by atoms with E-state index >= 15 is 4.79 Å². The number of methoxy groups -OCH3 is 1. The van der Waals surface area contributed by atoms with Gasteiger partial charge in [-0.05, 0) is 136 Å². The van der Waals surface area contributed by atoms with Crippen molar-refractivity contribution in [2.24, 2.45) is 0 Å². The van der Waals surface area contributed by atoms with E-state index in [1.165, 1.54) is 12.0 Å². The lowest BCUT2D eigenvalue weighted by atomic mass is 9.81. The zero-order chi connectivity index (χ0) is 42.1. The number of hydrogen-bond acceptors (Lipinski definition) is 8. The third-order valence-electron chi connectivity index (χ3n) is 13.3. The van der Waals surface area contributed by atoms with Crippen molar-refractivity contribution in [3.05, 3.63) is 94.6 Å². The first-order chi connectivity index (χ1) is 28.7. The van der Waals surface area contributed by atoms with Gasteiger partial charge in [0.15, 0.2) is 0 Å². The number of nitrogens with zero attached hydrogens (tertiary/aromatic N) is 5. The number of aromatic nitrogens is 4. The van der Waals surface area contributed by atoms with Crippen LogP contribution < -0.4 is 9.46 Å². The number of amides is 2. The molecule has 1 aliphatic carbocycles. The van der Waals surface area contributed by atoms with Crippen LogP contribution in [0.2, 0.25) is 0 Å². The van der Waals surface area contributed by atoms with Crippen LogP contribution in [0.3, 0.4) is 0 Å². The number of rotatable bonds is 9. The maximum Gasteiger partial charge on any atom is 0.258 e. The van der Waals surface area contributed by atoms with Gasteiger partial charge in [-0.2, -0.15) is 5.10 Å². The minimum absolute atomic E-state index is 0.0672. The molecule has 0 spiro atoms. The minimum Gasteiger partial charge on any atom is -0.497 e. The van der Waals surface area contributed by atoms with E-state index in [2.05, 4.69) is 38.5 Å². The summed E-state index contributed by atoms with van der Waals surface area (Å²) in [7, 11) is -2.13. The lowest BCUT2D eigenvalue weighted by Crippen LogP contribution is -2.52. The molecule has 2 amide bonds. The van der Waals surface area contributed by atoms with Crippen molar-refractivity contribution in [3.63, 3.8) is 0 Å². The molecule has 3 aliphatic heterocycles. The number of fused-ring (bicyclic) bond motifs is 7. The van der Waals surface area contributed by atoms with Crippen molar-refractivity contribution >= 4 is 44.4 Å². The highest BCUT2D eigenvalue weighted by atomic mass is 32.2. The summed E-state index contributed by atoms with van der Waals surface area (Å²) in [6.07, 6.45) is 15.7. The van der Waals surface area contributed by atoms with E-state index in [1.54, 1.807) is 39.5 Å². The highest BCUT2D eigenvalue weighted by molar-refractivity contribution is 7.90. The molecule has 2 aromatic carbocycles. The fraction of sp³-hybridized carbons (Fsp3) is 0.447. The number of hydrogen-bond donors (Lipinski definition) is 2. The van der Waals surface area contributed by atoms with Gasteiger partial charge in [0, 0.05) is 40.9 Å². The Morgan fingerprint density at radius 3 is 2.43 bits per heavy atom. The van der Waals surface area contributed by atoms with E-state index in [9.17, 15) is 18.3 Å². The summed E-state index contributed by atoms with van der Waals surface area (Å²) < 4.78 is 37.6. The van der Waals surface area contributed by atoms with Gasteiger partial charge in [-0.3, -0.25) is 19.3 Å². The molecule has 0 radical (unpaired) electrons. The zero-order valence-corrected chi connectivity index (χ0v) is 35.9. The quantitative estimate of drug-likeness (QED) is 0.154. The fourth-order valence-electron chi connectivity index (χ4n) is 10.5. The normalized spacial score (nSPS) is 21.7. The number of pyridine rings is 1. The molecule has 1 saturated carbocycles. The molecule has 6 heterocycles. The van der Waals surface area contributed by atoms with Gasteiger partial charge in [0.1, 0.15) is 5.75 Å². The minimum atomic E-state index is -3.80. The second-order valence-electron chi connectivity index (χ2n) is 17.9. The summed E-state index contributed by atoms with van der Waals surface area (Å²) in [5.74, 6) is 0.356. The molecule has 9 rings (SSSR count). The van der Waals surface area contributed by atoms with Crippen LogP contribution in [-0.2, 0) is 27.8 Å². The van der Waals surface area contributed by atoms with Crippen LogP contribution in [0.25, 0.3) is 39.5 Å². The molecule has 2 bridgehead atoms. The molecule has 3 aromatic heterocycles. The molecule has 3 fully saturated rings. The Morgan fingerprint density at radius 2 is 1.73 bits per heavy atom. The molecule has 60 heavy (non-hydrogen) atoms. The number of nitrogens with one attached hydrogen (secondary N) is 1. The van der Waals surface area contributed by atoms with Gasteiger partial charge in [-0.15, -0.1) is 0 Å². The van der Waals surface area contributed by atoms with Crippen LogP contribution in [0.1, 0.15) is 123 Å². The molecule has 2 N–H and O–H groups in total. The number of aryl methyl sites for hydroxylation is 1. The maximum absolute atomic E-state index is 15.1. The first-order valence-electron chi connectivity index (χ1n) is 21.4. The maximum atomic E-state index is 15.1. The summed E-state index contributed by atoms with van der Waals surface area (Å²) in [5, 5.41) is 16.4. The summed E-state index contributed by atoms with van der Waals surface area (Å²) >= 11 is 0. The number of aliphatic hydroxyl groups is 1. The second kappa shape index (κ2) is 15.3. The average molecular weight is 831 g/mol. The predicted octanol–water partition coefficient (Wildman–Crippen LogP) is 7.72. The van der Waals surface area contributed by atoms with Crippen LogP contribution in [0, 0.1) is 6.92 Å². The van der Waals surface area contributed by atoms with Gasteiger partial charge < -0.3 is 19.3 Å². The van der Waals surface area contributed by atoms with Crippen LogP contribution in [-0.4, -0.2) is 79.6 Å². The van der Waals surface area contributed by atoms with Gasteiger partial charge in [0.2, 0.25) is 15.9 Å². The van der Waals surface area contributed by atoms with Gasteiger partial charge in [0.25, 0.3) is 5.91 Å². The topological polar surface area (TPSA) is 149 Å². The average Bonchev–Trinajstić information content (AvgIpc) is 3.84. The number of sulfonamides is 1. The molecule has 12 nitrogen and oxygen atoms in total. The Balaban J connectivity index is 1.26. The number of piperidine rings is 1. The van der Waals surface area contributed by atoms with E-state index in [0.29, 0.717) is 47.9 Å². The monoisotopic (exact) mass is 830 g/mol. The largest absolute Gasteiger partial charge is 0.497 e. The fourth-order valence-corrected chi connectivity index (χ4v) is 11.1. The lowest BCUT2D eigenvalue weighted by molar-refractivity contribution is -0.118. The molecule has 4 aliphatic rings. The van der Waals surface area contributed by atoms with Gasteiger partial charge in [0.05, 0.1) is 59.8 Å². The zero-order valence-electron chi connectivity index (χ0n) is 35.1. The molecular formula is C47H54N6O6S. The van der Waals surface area contributed by atoms with Crippen LogP contribution >= 0.6 is 0 Å². The molecule has 13 heteroatoms. The standard InChI is InChI=1S/C47H54N6O6S/c1-28(2)60(57,58)50-42(54)20-30-11-15-38-41(19-30)51-27-33(21-32-22-36(59-5)14-16-37(32)45(51)43(38)31-9-7-6-8-10-31)44-39(26-49-53(44)40-17-18-48-25-29(40)3)46(55)52-34-12-13-35(52)24-47(4,56)23-34/h11,14-19,21-22,25-26,28,31,34-35,56H,6-10,12-13,20,23-24,27H2,1-5H3,(H,50,54). The van der Waals surface area contributed by atoms with Crippen molar-refractivity contribution in [2.75, 3.05) is 7.11 Å². The van der Waals surface area contributed by atoms with Crippen molar-refractivity contribution in [1.82, 2.24) is 29.0 Å². The van der Waals surface area contributed by atoms with E-state index < -0.39 is 26.8 Å². The van der Waals surface area contributed by atoms with Crippen molar-refractivity contribution in [1.29, 1.82) is 0 Å². The van der Waals surface area contributed by atoms with E-state index in [0.717, 1.165) is 83.1 Å². The Kier molecular flexibility index (Phi) is 10.3. The van der Waals surface area contributed by atoms with Crippen molar-refractivity contribution in [3.8, 4) is 22.7 Å². The first-order valence-corrected chi connectivity index (χ1v) is 22.9. The van der Waals surface area contributed by atoms with Gasteiger partial charge >= 0.3 is 0 Å². The number of allylic oxidation sites excluding steroid dienone is 1. The third kappa shape index (κ3) is 7.12. The molecule has 2 atom stereocenters. The molecule has 314 valence electrons. The van der Waals surface area contributed by atoms with E-state index in [-0.39, 0.29) is 24.4 Å². The highest BCUT2D eigenvalue weighted by Gasteiger charge is 2.48. The molecule has 2 unspecified atom stereocenters. The number of benzene rings is 2. The third-order valence-corrected chi connectivity index (χ3v) is 15.1. The highest BCUT2D eigenvalue weighted by Crippen LogP contribution is 2.49. The Morgan fingerprint density at radius 1 is 0.983 bits per heavy atom. The smallest absolute Gasteiger partial charge is 0.258 e. The van der Waals surface area contributed by atoms with Crippen molar-refractivity contribution in [2.45, 2.75) is 127 Å². The van der Waals surface area contributed by atoms with Crippen LogP contribution in [0.5, 0.6) is 5.75 Å². The first kappa shape index (κ1) is 40.2. The Bertz CT molecular complexity index is 2650. The van der Waals surface area contributed by atoms with E-state index in [4.69, 9.17) is 9.84 Å². The second-order valence-corrected chi connectivity index (χ2v) is 20.2. The van der Waals surface area contributed by atoms with Gasteiger partial charge in [-0.1, -0.05) is 31.4 Å². The SMILES string of the molecule is COc1ccc2c(c1)C=C(c1c(C(=O)N3C4CCC3CC(C)(O)C4)cnn1-c1ccncc1C)Cn1c-2c(C2CCCCC2)c2ccc(CC(=O)NS(=O)(=O)C(C)C)cc21. The Hall–Kier alpha value is -5.27. The van der Waals surface area contributed by atoms with Crippen molar-refractivity contribution < 1.29 is 27.9 Å². The van der Waals surface area contributed by atoms with Gasteiger partial charge in [-0.25, -0.2) is 13.1 Å². The molecule has 2 saturated heterocycles. The summed E-state index contributed by atoms with van der Waals surface area (Å²) in [4.78, 5) is 34.7. The van der Waals surface area contributed by atoms with Crippen LogP contribution in [0.15, 0.2) is 61.1 Å². The number of carbonyl (C=O) groups excluding carboxylic acids is 2. The Labute approximate surface area is 351 Å².